The molecular weight excluding hydrogens is 429 g/mol. The number of aryl methyl sites for hydroxylation is 1. The van der Waals surface area contributed by atoms with Crippen molar-refractivity contribution in [3.05, 3.63) is 64.7 Å². The molecule has 0 spiro atoms. The normalized spacial score (nSPS) is 13.9. The van der Waals surface area contributed by atoms with Crippen molar-refractivity contribution in [1.29, 1.82) is 0 Å². The molecule has 3 amide bonds. The average molecular weight is 446 g/mol. The summed E-state index contributed by atoms with van der Waals surface area (Å²) in [6, 6.07) is 11.4. The first-order valence-corrected chi connectivity index (χ1v) is 10.2. The number of nitrogens with zero attached hydrogens (tertiary/aromatic N) is 2. The van der Waals surface area contributed by atoms with E-state index in [9.17, 15) is 22.8 Å². The Morgan fingerprint density at radius 2 is 1.81 bits per heavy atom. The van der Waals surface area contributed by atoms with Crippen LogP contribution >= 0.6 is 11.3 Å². The minimum atomic E-state index is -4.41. The smallest absolute Gasteiger partial charge is 0.336 e. The molecule has 0 radical (unpaired) electrons. The monoisotopic (exact) mass is 446 g/mol. The van der Waals surface area contributed by atoms with Gasteiger partial charge in [-0.1, -0.05) is 12.1 Å². The van der Waals surface area contributed by atoms with E-state index in [-0.39, 0.29) is 11.9 Å². The summed E-state index contributed by atoms with van der Waals surface area (Å²) in [7, 11) is 0. The highest BCUT2D eigenvalue weighted by Gasteiger charge is 2.30. The molecule has 10 heteroatoms. The number of nitrogens with one attached hydrogen (secondary N) is 2. The molecule has 160 valence electrons. The van der Waals surface area contributed by atoms with E-state index in [4.69, 9.17) is 0 Å². The zero-order valence-corrected chi connectivity index (χ0v) is 17.1. The van der Waals surface area contributed by atoms with Crippen molar-refractivity contribution >= 4 is 34.6 Å². The largest absolute Gasteiger partial charge is 0.416 e. The fourth-order valence-corrected chi connectivity index (χ4v) is 4.13. The second-order valence-electron chi connectivity index (χ2n) is 6.89. The maximum atomic E-state index is 12.7. The molecule has 1 fully saturated rings. The average Bonchev–Trinajstić information content (AvgIpc) is 3.34. The number of halogens is 3. The Balaban J connectivity index is 1.48. The summed E-state index contributed by atoms with van der Waals surface area (Å²) in [6.45, 7) is 2.84. The molecule has 6 nitrogen and oxygen atoms in total. The lowest BCUT2D eigenvalue weighted by Crippen LogP contribution is -2.27. The van der Waals surface area contributed by atoms with E-state index in [2.05, 4.69) is 15.6 Å². The second-order valence-corrected chi connectivity index (χ2v) is 7.89. The molecule has 1 aliphatic rings. The predicted molar refractivity (Wildman–Crippen MR) is 112 cm³/mol. The number of benzene rings is 2. The Morgan fingerprint density at radius 3 is 2.39 bits per heavy atom. The summed E-state index contributed by atoms with van der Waals surface area (Å²) in [5.74, 6) is -0.361. The van der Waals surface area contributed by atoms with Crippen LogP contribution in [0.1, 0.15) is 20.9 Å². The standard InChI is InChI=1S/C21H17F3N4O2S/c1-12-17(31-19(26-12)13-2-4-14(5-3-13)21(22,23)24)18(29)27-15-6-8-16(9-7-15)28-11-10-25-20(28)30/h2-9H,10-11H2,1H3,(H,25,30)(H,27,29). The Bertz CT molecular complexity index is 1130. The quantitative estimate of drug-likeness (QED) is 0.598. The zero-order chi connectivity index (χ0) is 22.2. The third-order valence-electron chi connectivity index (χ3n) is 4.76. The lowest BCUT2D eigenvalue weighted by Gasteiger charge is -2.14. The number of alkyl halides is 3. The summed E-state index contributed by atoms with van der Waals surface area (Å²) >= 11 is 1.11. The van der Waals surface area contributed by atoms with E-state index >= 15 is 0 Å². The number of thiazole rings is 1. The zero-order valence-electron chi connectivity index (χ0n) is 16.3. The lowest BCUT2D eigenvalue weighted by molar-refractivity contribution is -0.137. The topological polar surface area (TPSA) is 74.3 Å². The fraction of sp³-hybridized carbons (Fsp3) is 0.190. The van der Waals surface area contributed by atoms with Crippen LogP contribution < -0.4 is 15.5 Å². The van der Waals surface area contributed by atoms with Crippen LogP contribution in [-0.4, -0.2) is 30.0 Å². The van der Waals surface area contributed by atoms with E-state index in [1.165, 1.54) is 12.1 Å². The molecule has 2 aromatic carbocycles. The molecule has 0 unspecified atom stereocenters. The van der Waals surface area contributed by atoms with Gasteiger partial charge in [0.2, 0.25) is 0 Å². The highest BCUT2D eigenvalue weighted by molar-refractivity contribution is 7.17. The van der Waals surface area contributed by atoms with Crippen molar-refractivity contribution in [1.82, 2.24) is 10.3 Å². The Labute approximate surface area is 179 Å². The molecule has 1 aromatic heterocycles. The van der Waals surface area contributed by atoms with Gasteiger partial charge in [0.05, 0.1) is 11.3 Å². The van der Waals surface area contributed by atoms with Crippen LogP contribution in [0.25, 0.3) is 10.6 Å². The van der Waals surface area contributed by atoms with Gasteiger partial charge >= 0.3 is 12.2 Å². The van der Waals surface area contributed by atoms with Gasteiger partial charge in [-0.3, -0.25) is 9.69 Å². The molecule has 0 bridgehead atoms. The van der Waals surface area contributed by atoms with Gasteiger partial charge in [0.25, 0.3) is 5.91 Å². The first-order chi connectivity index (χ1) is 14.7. The van der Waals surface area contributed by atoms with Crippen molar-refractivity contribution < 1.29 is 22.8 Å². The Hall–Kier alpha value is -3.40. The summed E-state index contributed by atoms with van der Waals surface area (Å²) in [5, 5.41) is 5.97. The van der Waals surface area contributed by atoms with Gasteiger partial charge in [-0.2, -0.15) is 13.2 Å². The fourth-order valence-electron chi connectivity index (χ4n) is 3.16. The molecule has 2 N–H and O–H groups in total. The number of hydrogen-bond donors (Lipinski definition) is 2. The van der Waals surface area contributed by atoms with Crippen LogP contribution in [0.5, 0.6) is 0 Å². The number of aromatic nitrogens is 1. The van der Waals surface area contributed by atoms with Crippen LogP contribution in [0.3, 0.4) is 0 Å². The van der Waals surface area contributed by atoms with Crippen molar-refractivity contribution in [2.24, 2.45) is 0 Å². The first kappa shape index (κ1) is 20.9. The Kier molecular flexibility index (Phi) is 5.40. The summed E-state index contributed by atoms with van der Waals surface area (Å²) in [4.78, 5) is 30.7. The van der Waals surface area contributed by atoms with Gasteiger partial charge in [0.1, 0.15) is 9.88 Å². The minimum absolute atomic E-state index is 0.159. The van der Waals surface area contributed by atoms with Gasteiger partial charge in [0, 0.05) is 30.0 Å². The summed E-state index contributed by atoms with van der Waals surface area (Å²) in [5.41, 5.74) is 1.54. The van der Waals surface area contributed by atoms with Crippen molar-refractivity contribution in [3.63, 3.8) is 0 Å². The molecule has 0 saturated carbocycles. The van der Waals surface area contributed by atoms with Crippen molar-refractivity contribution in [2.45, 2.75) is 13.1 Å². The minimum Gasteiger partial charge on any atom is -0.336 e. The predicted octanol–water partition coefficient (Wildman–Crippen LogP) is 4.92. The van der Waals surface area contributed by atoms with E-state index < -0.39 is 11.7 Å². The van der Waals surface area contributed by atoms with E-state index in [1.807, 2.05) is 0 Å². The molecule has 0 aliphatic carbocycles. The molecule has 2 heterocycles. The van der Waals surface area contributed by atoms with Crippen LogP contribution in [0.15, 0.2) is 48.5 Å². The highest BCUT2D eigenvalue weighted by Crippen LogP contribution is 2.33. The van der Waals surface area contributed by atoms with Gasteiger partial charge in [-0.25, -0.2) is 9.78 Å². The number of hydrogen-bond acceptors (Lipinski definition) is 4. The van der Waals surface area contributed by atoms with Crippen LogP contribution in [-0.2, 0) is 6.18 Å². The molecule has 1 saturated heterocycles. The van der Waals surface area contributed by atoms with Gasteiger partial charge in [-0.05, 0) is 43.3 Å². The van der Waals surface area contributed by atoms with E-state index in [0.717, 1.165) is 29.2 Å². The van der Waals surface area contributed by atoms with Crippen molar-refractivity contribution in [2.75, 3.05) is 23.3 Å². The number of carbonyl (C=O) groups is 2. The highest BCUT2D eigenvalue weighted by atomic mass is 32.1. The number of carbonyl (C=O) groups excluding carboxylic acids is 2. The number of rotatable bonds is 4. The number of urea groups is 1. The van der Waals surface area contributed by atoms with Crippen LogP contribution in [0.4, 0.5) is 29.3 Å². The SMILES string of the molecule is Cc1nc(-c2ccc(C(F)(F)F)cc2)sc1C(=O)Nc1ccc(N2CCNC2=O)cc1. The van der Waals surface area contributed by atoms with E-state index in [0.29, 0.717) is 39.9 Å². The molecular formula is C21H17F3N4O2S. The lowest BCUT2D eigenvalue weighted by atomic mass is 10.1. The molecule has 0 atom stereocenters. The molecule has 4 rings (SSSR count). The first-order valence-electron chi connectivity index (χ1n) is 9.34. The molecule has 1 aliphatic heterocycles. The molecule has 31 heavy (non-hydrogen) atoms. The molecule has 3 aromatic rings. The van der Waals surface area contributed by atoms with Crippen LogP contribution in [0, 0.1) is 6.92 Å². The third kappa shape index (κ3) is 4.38. The maximum absolute atomic E-state index is 12.7. The van der Waals surface area contributed by atoms with E-state index in [1.54, 1.807) is 36.1 Å². The summed E-state index contributed by atoms with van der Waals surface area (Å²) in [6.07, 6.45) is -4.41. The van der Waals surface area contributed by atoms with Gasteiger partial charge < -0.3 is 10.6 Å². The maximum Gasteiger partial charge on any atom is 0.416 e. The van der Waals surface area contributed by atoms with Crippen molar-refractivity contribution in [3.8, 4) is 10.6 Å². The summed E-state index contributed by atoms with van der Waals surface area (Å²) < 4.78 is 38.2. The third-order valence-corrected chi connectivity index (χ3v) is 5.96. The Morgan fingerprint density at radius 1 is 1.13 bits per heavy atom. The second kappa shape index (κ2) is 8.03. The number of amides is 3. The van der Waals surface area contributed by atoms with Gasteiger partial charge in [-0.15, -0.1) is 11.3 Å². The number of anilines is 2. The van der Waals surface area contributed by atoms with Crippen LogP contribution in [0.2, 0.25) is 0 Å². The van der Waals surface area contributed by atoms with Gasteiger partial charge in [0.15, 0.2) is 0 Å².